The number of benzene rings is 1. The third-order valence-corrected chi connectivity index (χ3v) is 5.30. The Kier molecular flexibility index (Phi) is 5.44. The van der Waals surface area contributed by atoms with E-state index in [1.807, 2.05) is 12.3 Å². The predicted molar refractivity (Wildman–Crippen MR) is 118 cm³/mol. The lowest BCUT2D eigenvalue weighted by molar-refractivity contribution is 0.974. The molecule has 0 amide bonds. The molecule has 0 atom stereocenters. The number of fused-ring (bicyclic) bond motifs is 1. The molecule has 1 aromatic carbocycles. The molecule has 30 heavy (non-hydrogen) atoms. The summed E-state index contributed by atoms with van der Waals surface area (Å²) in [6.07, 6.45) is 7.37. The van der Waals surface area contributed by atoms with Crippen LogP contribution in [0.3, 0.4) is 0 Å². The second-order valence-corrected chi connectivity index (χ2v) is 7.52. The van der Waals surface area contributed by atoms with E-state index in [4.69, 9.17) is 28.5 Å². The number of aromatic nitrogens is 4. The van der Waals surface area contributed by atoms with Crippen LogP contribution in [0.2, 0.25) is 10.0 Å². The van der Waals surface area contributed by atoms with Crippen molar-refractivity contribution in [2.75, 3.05) is 11.9 Å². The van der Waals surface area contributed by atoms with Crippen molar-refractivity contribution in [3.8, 4) is 11.8 Å². The van der Waals surface area contributed by atoms with Crippen molar-refractivity contribution in [3.63, 3.8) is 0 Å². The van der Waals surface area contributed by atoms with Gasteiger partial charge in [-0.1, -0.05) is 23.2 Å². The molecule has 2 N–H and O–H groups in total. The summed E-state index contributed by atoms with van der Waals surface area (Å²) in [5, 5.41) is 13.5. The number of H-pyrrole nitrogens is 1. The van der Waals surface area contributed by atoms with E-state index in [2.05, 4.69) is 20.3 Å². The fourth-order valence-electron chi connectivity index (χ4n) is 3.42. The molecule has 0 radical (unpaired) electrons. The minimum absolute atomic E-state index is 0.135. The molecule has 0 bridgehead atoms. The minimum atomic E-state index is -0.135. The van der Waals surface area contributed by atoms with Gasteiger partial charge in [-0.2, -0.15) is 5.26 Å². The molecule has 0 fully saturated rings. The van der Waals surface area contributed by atoms with E-state index >= 15 is 0 Å². The van der Waals surface area contributed by atoms with Crippen molar-refractivity contribution < 1.29 is 0 Å². The Hall–Kier alpha value is -3.34. The summed E-state index contributed by atoms with van der Waals surface area (Å²) in [7, 11) is 0. The molecule has 0 aliphatic carbocycles. The monoisotopic (exact) mass is 438 g/mol. The number of aromatic amines is 1. The Morgan fingerprint density at radius 2 is 2.00 bits per heavy atom. The Labute approximate surface area is 181 Å². The zero-order valence-electron chi connectivity index (χ0n) is 15.9. The van der Waals surface area contributed by atoms with Crippen molar-refractivity contribution in [1.29, 1.82) is 5.26 Å². The highest BCUT2D eigenvalue weighted by molar-refractivity contribution is 6.38. The zero-order chi connectivity index (χ0) is 21.3. The standard InChI is InChI=1S/C21H16Cl2N6O/c1-12-4-19(30)20-17(27-3-2-14-8-26-11-28-14)9-25-10-18(20)29(12)21-15(22)5-13(7-24)6-16(21)23/h4-6,8-11,27H,2-3H2,1H3,(H,26,28). The molecule has 3 heterocycles. The SMILES string of the molecule is Cc1cc(=O)c2c(NCCc3c[nH]cn3)cncc2n1-c1c(Cl)cc(C#N)cc1Cl. The number of imidazole rings is 1. The fourth-order valence-corrected chi connectivity index (χ4v) is 4.08. The van der Waals surface area contributed by atoms with E-state index in [9.17, 15) is 4.79 Å². The first-order valence-corrected chi connectivity index (χ1v) is 9.86. The van der Waals surface area contributed by atoms with E-state index in [1.54, 1.807) is 42.3 Å². The van der Waals surface area contributed by atoms with Gasteiger partial charge in [-0.3, -0.25) is 9.78 Å². The maximum atomic E-state index is 12.9. The third-order valence-electron chi connectivity index (χ3n) is 4.73. The molecule has 9 heteroatoms. The number of hydrogen-bond acceptors (Lipinski definition) is 5. The number of rotatable bonds is 5. The molecule has 0 aliphatic heterocycles. The van der Waals surface area contributed by atoms with Gasteiger partial charge in [-0.15, -0.1) is 0 Å². The molecule has 4 rings (SSSR count). The minimum Gasteiger partial charge on any atom is -0.383 e. The summed E-state index contributed by atoms with van der Waals surface area (Å²) in [5.74, 6) is 0. The summed E-state index contributed by atoms with van der Waals surface area (Å²) in [6.45, 7) is 2.38. The Morgan fingerprint density at radius 3 is 2.67 bits per heavy atom. The number of anilines is 1. The maximum absolute atomic E-state index is 12.9. The second kappa shape index (κ2) is 8.19. The van der Waals surface area contributed by atoms with Crippen molar-refractivity contribution >= 4 is 39.8 Å². The molecule has 4 aromatic rings. The van der Waals surface area contributed by atoms with Crippen LogP contribution >= 0.6 is 23.2 Å². The van der Waals surface area contributed by atoms with Crippen LogP contribution in [0.15, 0.2) is 47.9 Å². The lowest BCUT2D eigenvalue weighted by Gasteiger charge is -2.19. The van der Waals surface area contributed by atoms with Crippen molar-refractivity contribution in [3.05, 3.63) is 80.3 Å². The van der Waals surface area contributed by atoms with Crippen molar-refractivity contribution in [2.45, 2.75) is 13.3 Å². The number of nitriles is 1. The highest BCUT2D eigenvalue weighted by Gasteiger charge is 2.17. The summed E-state index contributed by atoms with van der Waals surface area (Å²) >= 11 is 12.9. The number of nitrogens with one attached hydrogen (secondary N) is 2. The summed E-state index contributed by atoms with van der Waals surface area (Å²) < 4.78 is 1.79. The zero-order valence-corrected chi connectivity index (χ0v) is 17.4. The van der Waals surface area contributed by atoms with Gasteiger partial charge >= 0.3 is 0 Å². The normalized spacial score (nSPS) is 10.9. The van der Waals surface area contributed by atoms with Crippen LogP contribution < -0.4 is 10.7 Å². The quantitative estimate of drug-likeness (QED) is 0.484. The van der Waals surface area contributed by atoms with Gasteiger partial charge in [-0.25, -0.2) is 4.98 Å². The van der Waals surface area contributed by atoms with Crippen LogP contribution in [-0.2, 0) is 6.42 Å². The number of aryl methyl sites for hydroxylation is 1. The Balaban J connectivity index is 1.85. The average Bonchev–Trinajstić information content (AvgIpc) is 3.23. The molecular formula is C21H16Cl2N6O. The van der Waals surface area contributed by atoms with Crippen LogP contribution in [0.5, 0.6) is 0 Å². The highest BCUT2D eigenvalue weighted by atomic mass is 35.5. The average molecular weight is 439 g/mol. The molecular weight excluding hydrogens is 423 g/mol. The van der Waals surface area contributed by atoms with Gasteiger partial charge in [0.05, 0.1) is 68.4 Å². The van der Waals surface area contributed by atoms with Gasteiger partial charge in [0, 0.05) is 30.9 Å². The van der Waals surface area contributed by atoms with Gasteiger partial charge in [0.1, 0.15) is 0 Å². The van der Waals surface area contributed by atoms with Crippen LogP contribution in [0.1, 0.15) is 17.0 Å². The van der Waals surface area contributed by atoms with E-state index in [-0.39, 0.29) is 5.43 Å². The first kappa shape index (κ1) is 20.0. The van der Waals surface area contributed by atoms with Crippen molar-refractivity contribution in [2.24, 2.45) is 0 Å². The Morgan fingerprint density at radius 1 is 1.23 bits per heavy atom. The molecule has 0 unspecified atom stereocenters. The molecule has 0 saturated heterocycles. The largest absolute Gasteiger partial charge is 0.383 e. The van der Waals surface area contributed by atoms with Crippen molar-refractivity contribution in [1.82, 2.24) is 19.5 Å². The molecule has 0 aliphatic rings. The van der Waals surface area contributed by atoms with E-state index in [0.29, 0.717) is 56.5 Å². The number of halogens is 2. The topological polar surface area (TPSA) is 99.4 Å². The highest BCUT2D eigenvalue weighted by Crippen LogP contribution is 2.33. The second-order valence-electron chi connectivity index (χ2n) is 6.70. The lowest BCUT2D eigenvalue weighted by atomic mass is 10.1. The fraction of sp³-hybridized carbons (Fsp3) is 0.143. The van der Waals surface area contributed by atoms with Crippen LogP contribution in [0.4, 0.5) is 5.69 Å². The Bertz CT molecular complexity index is 1320. The van der Waals surface area contributed by atoms with Crippen LogP contribution in [0, 0.1) is 18.3 Å². The van der Waals surface area contributed by atoms with Gasteiger partial charge < -0.3 is 14.9 Å². The number of nitrogens with zero attached hydrogens (tertiary/aromatic N) is 4. The maximum Gasteiger partial charge on any atom is 0.191 e. The van der Waals surface area contributed by atoms with E-state index < -0.39 is 0 Å². The predicted octanol–water partition coefficient (Wildman–Crippen LogP) is 4.25. The molecule has 3 aromatic heterocycles. The smallest absolute Gasteiger partial charge is 0.191 e. The van der Waals surface area contributed by atoms with Gasteiger partial charge in [0.25, 0.3) is 0 Å². The lowest BCUT2D eigenvalue weighted by Crippen LogP contribution is -2.15. The number of hydrogen-bond donors (Lipinski definition) is 2. The van der Waals surface area contributed by atoms with Gasteiger partial charge in [0.2, 0.25) is 0 Å². The molecule has 150 valence electrons. The van der Waals surface area contributed by atoms with Crippen LogP contribution in [0.25, 0.3) is 16.6 Å². The summed E-state index contributed by atoms with van der Waals surface area (Å²) in [5.41, 5.74) is 3.47. The van der Waals surface area contributed by atoms with Crippen LogP contribution in [-0.4, -0.2) is 26.1 Å². The molecule has 7 nitrogen and oxygen atoms in total. The van der Waals surface area contributed by atoms with E-state index in [1.165, 1.54) is 6.07 Å². The summed E-state index contributed by atoms with van der Waals surface area (Å²) in [4.78, 5) is 24.3. The van der Waals surface area contributed by atoms with Gasteiger partial charge in [-0.05, 0) is 19.1 Å². The first-order chi connectivity index (χ1) is 14.5. The third kappa shape index (κ3) is 3.63. The summed E-state index contributed by atoms with van der Waals surface area (Å²) in [6, 6.07) is 6.66. The van der Waals surface area contributed by atoms with Gasteiger partial charge in [0.15, 0.2) is 5.43 Å². The number of pyridine rings is 2. The molecule has 0 spiro atoms. The van der Waals surface area contributed by atoms with E-state index in [0.717, 1.165) is 5.69 Å². The molecule has 0 saturated carbocycles. The first-order valence-electron chi connectivity index (χ1n) is 9.11.